The van der Waals surface area contributed by atoms with Gasteiger partial charge in [-0.25, -0.2) is 4.98 Å². The Morgan fingerprint density at radius 3 is 2.72 bits per heavy atom. The van der Waals surface area contributed by atoms with Gasteiger partial charge in [-0.1, -0.05) is 32.9 Å². The van der Waals surface area contributed by atoms with Crippen LogP contribution in [-0.2, 0) is 6.54 Å². The highest BCUT2D eigenvalue weighted by molar-refractivity contribution is 5.74. The smallest absolute Gasteiger partial charge is 0.0958 e. The molecule has 1 heterocycles. The van der Waals surface area contributed by atoms with Crippen LogP contribution in [0, 0.1) is 5.41 Å². The van der Waals surface area contributed by atoms with Crippen molar-refractivity contribution in [2.75, 3.05) is 0 Å². The standard InChI is InChI=1S/C15H23N3/c1-15(2,3)9-8-12(16)10-18-11-17-13-6-4-5-7-14(13)18/h4-7,11-12H,8-10,16H2,1-3H3. The Kier molecular flexibility index (Phi) is 3.71. The number of hydrogen-bond donors (Lipinski definition) is 1. The van der Waals surface area contributed by atoms with Crippen LogP contribution in [0.5, 0.6) is 0 Å². The zero-order valence-electron chi connectivity index (χ0n) is 11.6. The summed E-state index contributed by atoms with van der Waals surface area (Å²) < 4.78 is 2.16. The Labute approximate surface area is 109 Å². The molecule has 2 rings (SSSR count). The topological polar surface area (TPSA) is 43.8 Å². The predicted octanol–water partition coefficient (Wildman–Crippen LogP) is 3.19. The lowest BCUT2D eigenvalue weighted by Crippen LogP contribution is -2.27. The van der Waals surface area contributed by atoms with Gasteiger partial charge in [0.25, 0.3) is 0 Å². The summed E-state index contributed by atoms with van der Waals surface area (Å²) in [6, 6.07) is 8.38. The first kappa shape index (κ1) is 13.1. The molecule has 1 unspecified atom stereocenters. The van der Waals surface area contributed by atoms with Crippen LogP contribution < -0.4 is 5.73 Å². The molecule has 0 aliphatic heterocycles. The lowest BCUT2D eigenvalue weighted by molar-refractivity contribution is 0.339. The van der Waals surface area contributed by atoms with Gasteiger partial charge in [-0.2, -0.15) is 0 Å². The Morgan fingerprint density at radius 1 is 1.28 bits per heavy atom. The first-order chi connectivity index (χ1) is 8.46. The van der Waals surface area contributed by atoms with Crippen LogP contribution in [0.4, 0.5) is 0 Å². The van der Waals surface area contributed by atoms with E-state index >= 15 is 0 Å². The van der Waals surface area contributed by atoms with Crippen molar-refractivity contribution in [1.29, 1.82) is 0 Å². The van der Waals surface area contributed by atoms with Gasteiger partial charge in [0.2, 0.25) is 0 Å². The number of aromatic nitrogens is 2. The van der Waals surface area contributed by atoms with Crippen LogP contribution in [0.25, 0.3) is 11.0 Å². The maximum atomic E-state index is 6.21. The van der Waals surface area contributed by atoms with Gasteiger partial charge < -0.3 is 10.3 Å². The molecule has 0 aliphatic rings. The molecule has 1 atom stereocenters. The summed E-state index contributed by atoms with van der Waals surface area (Å²) in [4.78, 5) is 4.39. The molecular weight excluding hydrogens is 222 g/mol. The lowest BCUT2D eigenvalue weighted by atomic mass is 9.89. The highest BCUT2D eigenvalue weighted by Gasteiger charge is 2.13. The average molecular weight is 245 g/mol. The SMILES string of the molecule is CC(C)(C)CCC(N)Cn1cnc2ccccc21. The number of rotatable bonds is 4. The van der Waals surface area contributed by atoms with Gasteiger partial charge >= 0.3 is 0 Å². The largest absolute Gasteiger partial charge is 0.329 e. The van der Waals surface area contributed by atoms with E-state index in [4.69, 9.17) is 5.73 Å². The third-order valence-corrected chi connectivity index (χ3v) is 3.22. The van der Waals surface area contributed by atoms with Crippen LogP contribution in [0.15, 0.2) is 30.6 Å². The molecule has 0 aliphatic carbocycles. The van der Waals surface area contributed by atoms with Gasteiger partial charge in [0.15, 0.2) is 0 Å². The minimum absolute atomic E-state index is 0.196. The molecule has 0 saturated carbocycles. The number of imidazole rings is 1. The molecule has 0 radical (unpaired) electrons. The molecule has 0 fully saturated rings. The van der Waals surface area contributed by atoms with E-state index in [9.17, 15) is 0 Å². The van der Waals surface area contributed by atoms with Crippen molar-refractivity contribution in [3.05, 3.63) is 30.6 Å². The molecular formula is C15H23N3. The second-order valence-corrected chi connectivity index (χ2v) is 6.25. The Balaban J connectivity index is 2.01. The van der Waals surface area contributed by atoms with Crippen molar-refractivity contribution >= 4 is 11.0 Å². The number of hydrogen-bond acceptors (Lipinski definition) is 2. The maximum absolute atomic E-state index is 6.21. The number of nitrogens with two attached hydrogens (primary N) is 1. The summed E-state index contributed by atoms with van der Waals surface area (Å²) in [7, 11) is 0. The van der Waals surface area contributed by atoms with Crippen LogP contribution in [0.2, 0.25) is 0 Å². The van der Waals surface area contributed by atoms with Crippen LogP contribution in [-0.4, -0.2) is 15.6 Å². The summed E-state index contributed by atoms with van der Waals surface area (Å²) in [5.74, 6) is 0. The van der Waals surface area contributed by atoms with Gasteiger partial charge in [-0.05, 0) is 30.4 Å². The van der Waals surface area contributed by atoms with E-state index in [1.165, 1.54) is 5.52 Å². The third-order valence-electron chi connectivity index (χ3n) is 3.22. The normalized spacial score (nSPS) is 14.0. The fourth-order valence-electron chi connectivity index (χ4n) is 2.12. The summed E-state index contributed by atoms with van der Waals surface area (Å²) in [6.07, 6.45) is 4.10. The molecule has 18 heavy (non-hydrogen) atoms. The van der Waals surface area contributed by atoms with E-state index in [2.05, 4.69) is 36.4 Å². The van der Waals surface area contributed by atoms with E-state index in [0.29, 0.717) is 5.41 Å². The van der Waals surface area contributed by atoms with Gasteiger partial charge in [0.1, 0.15) is 0 Å². The number of benzene rings is 1. The van der Waals surface area contributed by atoms with Crippen molar-refractivity contribution in [3.8, 4) is 0 Å². The zero-order valence-corrected chi connectivity index (χ0v) is 11.6. The third kappa shape index (κ3) is 3.33. The highest BCUT2D eigenvalue weighted by Crippen LogP contribution is 2.22. The summed E-state index contributed by atoms with van der Waals surface area (Å²) in [5.41, 5.74) is 8.78. The molecule has 0 saturated heterocycles. The molecule has 1 aromatic heterocycles. The number of fused-ring (bicyclic) bond motifs is 1. The molecule has 1 aromatic carbocycles. The van der Waals surface area contributed by atoms with Gasteiger partial charge in [0, 0.05) is 12.6 Å². The van der Waals surface area contributed by atoms with Gasteiger partial charge in [0.05, 0.1) is 17.4 Å². The molecule has 0 amide bonds. The van der Waals surface area contributed by atoms with E-state index in [1.54, 1.807) is 0 Å². The van der Waals surface area contributed by atoms with Crippen molar-refractivity contribution < 1.29 is 0 Å². The summed E-state index contributed by atoms with van der Waals surface area (Å²) in [5, 5.41) is 0. The monoisotopic (exact) mass is 245 g/mol. The number of para-hydroxylation sites is 2. The molecule has 0 spiro atoms. The number of nitrogens with zero attached hydrogens (tertiary/aromatic N) is 2. The molecule has 98 valence electrons. The van der Waals surface area contributed by atoms with E-state index < -0.39 is 0 Å². The second kappa shape index (κ2) is 5.11. The lowest BCUT2D eigenvalue weighted by Gasteiger charge is -2.21. The van der Waals surface area contributed by atoms with E-state index in [-0.39, 0.29) is 6.04 Å². The Morgan fingerprint density at radius 2 is 2.00 bits per heavy atom. The second-order valence-electron chi connectivity index (χ2n) is 6.25. The highest BCUT2D eigenvalue weighted by atomic mass is 15.1. The van der Waals surface area contributed by atoms with Crippen LogP contribution >= 0.6 is 0 Å². The molecule has 3 heteroatoms. The minimum atomic E-state index is 0.196. The zero-order chi connectivity index (χ0) is 13.2. The molecule has 2 aromatic rings. The molecule has 2 N–H and O–H groups in total. The maximum Gasteiger partial charge on any atom is 0.0958 e. The van der Waals surface area contributed by atoms with Crippen molar-refractivity contribution in [2.45, 2.75) is 46.2 Å². The summed E-state index contributed by atoms with van der Waals surface area (Å²) >= 11 is 0. The minimum Gasteiger partial charge on any atom is -0.329 e. The molecule has 0 bridgehead atoms. The predicted molar refractivity (Wildman–Crippen MR) is 76.4 cm³/mol. The van der Waals surface area contributed by atoms with Crippen molar-refractivity contribution in [1.82, 2.24) is 9.55 Å². The fraction of sp³-hybridized carbons (Fsp3) is 0.533. The van der Waals surface area contributed by atoms with Crippen LogP contribution in [0.1, 0.15) is 33.6 Å². The van der Waals surface area contributed by atoms with Crippen molar-refractivity contribution in [3.63, 3.8) is 0 Å². The van der Waals surface area contributed by atoms with Gasteiger partial charge in [-0.3, -0.25) is 0 Å². The Bertz CT molecular complexity index is 508. The Hall–Kier alpha value is -1.35. The summed E-state index contributed by atoms with van der Waals surface area (Å²) in [6.45, 7) is 7.61. The van der Waals surface area contributed by atoms with Crippen molar-refractivity contribution in [2.24, 2.45) is 11.1 Å². The van der Waals surface area contributed by atoms with Crippen LogP contribution in [0.3, 0.4) is 0 Å². The molecule has 3 nitrogen and oxygen atoms in total. The average Bonchev–Trinajstić information content (AvgIpc) is 2.70. The quantitative estimate of drug-likeness (QED) is 0.899. The van der Waals surface area contributed by atoms with Gasteiger partial charge in [-0.15, -0.1) is 0 Å². The fourth-order valence-corrected chi connectivity index (χ4v) is 2.12. The van der Waals surface area contributed by atoms with E-state index in [0.717, 1.165) is 24.9 Å². The first-order valence-corrected chi connectivity index (χ1v) is 6.61. The first-order valence-electron chi connectivity index (χ1n) is 6.61. The van der Waals surface area contributed by atoms with E-state index in [1.807, 2.05) is 24.5 Å².